The van der Waals surface area contributed by atoms with Crippen LogP contribution in [0.5, 0.6) is 0 Å². The molecule has 18 heavy (non-hydrogen) atoms. The van der Waals surface area contributed by atoms with Gasteiger partial charge in [0.1, 0.15) is 0 Å². The fourth-order valence-electron chi connectivity index (χ4n) is 1.86. The molecule has 92 valence electrons. The summed E-state index contributed by atoms with van der Waals surface area (Å²) in [5, 5.41) is 0.685. The number of hydrogen-bond acceptors (Lipinski definition) is 2. The SMILES string of the molecule is CCc1cnccc1C(=O)Cc1ccc(Cl)cc1. The summed E-state index contributed by atoms with van der Waals surface area (Å²) >= 11 is 5.82. The molecule has 2 aromatic rings. The molecular formula is C15H14ClNO. The van der Waals surface area contributed by atoms with E-state index in [4.69, 9.17) is 11.6 Å². The third-order valence-corrected chi connectivity index (χ3v) is 3.11. The summed E-state index contributed by atoms with van der Waals surface area (Å²) in [6.45, 7) is 2.02. The van der Waals surface area contributed by atoms with Gasteiger partial charge in [0.25, 0.3) is 0 Å². The molecule has 0 saturated carbocycles. The monoisotopic (exact) mass is 259 g/mol. The van der Waals surface area contributed by atoms with E-state index in [-0.39, 0.29) is 5.78 Å². The first-order valence-corrected chi connectivity index (χ1v) is 6.29. The average molecular weight is 260 g/mol. The smallest absolute Gasteiger partial charge is 0.167 e. The van der Waals surface area contributed by atoms with Gasteiger partial charge in [-0.05, 0) is 35.7 Å². The van der Waals surface area contributed by atoms with Crippen molar-refractivity contribution in [3.63, 3.8) is 0 Å². The van der Waals surface area contributed by atoms with Crippen molar-refractivity contribution in [1.29, 1.82) is 0 Å². The van der Waals surface area contributed by atoms with Crippen LogP contribution in [0.4, 0.5) is 0 Å². The number of aromatic nitrogens is 1. The first-order valence-electron chi connectivity index (χ1n) is 5.91. The van der Waals surface area contributed by atoms with Gasteiger partial charge in [0.15, 0.2) is 5.78 Å². The Balaban J connectivity index is 2.19. The van der Waals surface area contributed by atoms with E-state index in [0.717, 1.165) is 23.1 Å². The van der Waals surface area contributed by atoms with E-state index in [1.807, 2.05) is 19.1 Å². The van der Waals surface area contributed by atoms with Gasteiger partial charge in [-0.1, -0.05) is 30.7 Å². The van der Waals surface area contributed by atoms with Crippen molar-refractivity contribution in [2.24, 2.45) is 0 Å². The van der Waals surface area contributed by atoms with Crippen molar-refractivity contribution in [2.45, 2.75) is 19.8 Å². The molecule has 0 spiro atoms. The van der Waals surface area contributed by atoms with Gasteiger partial charge in [0.05, 0.1) is 0 Å². The average Bonchev–Trinajstić information content (AvgIpc) is 2.41. The molecule has 0 aliphatic heterocycles. The molecule has 0 N–H and O–H groups in total. The molecule has 0 fully saturated rings. The molecule has 0 saturated heterocycles. The molecule has 0 aliphatic carbocycles. The van der Waals surface area contributed by atoms with Crippen LogP contribution in [-0.4, -0.2) is 10.8 Å². The van der Waals surface area contributed by atoms with Crippen LogP contribution in [-0.2, 0) is 12.8 Å². The van der Waals surface area contributed by atoms with Crippen molar-refractivity contribution in [1.82, 2.24) is 4.98 Å². The van der Waals surface area contributed by atoms with Crippen LogP contribution in [0.1, 0.15) is 28.4 Å². The molecule has 0 amide bonds. The van der Waals surface area contributed by atoms with Gasteiger partial charge in [-0.25, -0.2) is 0 Å². The summed E-state index contributed by atoms with van der Waals surface area (Å²) in [6.07, 6.45) is 4.63. The van der Waals surface area contributed by atoms with Crippen LogP contribution < -0.4 is 0 Å². The highest BCUT2D eigenvalue weighted by Crippen LogP contribution is 2.14. The Kier molecular flexibility index (Phi) is 4.11. The first-order chi connectivity index (χ1) is 8.70. The number of benzene rings is 1. The minimum absolute atomic E-state index is 0.122. The number of Topliss-reactive ketones (excluding diaryl/α,β-unsaturated/α-hetero) is 1. The number of pyridine rings is 1. The van der Waals surface area contributed by atoms with Crippen molar-refractivity contribution in [2.75, 3.05) is 0 Å². The number of nitrogens with zero attached hydrogens (tertiary/aromatic N) is 1. The highest BCUT2D eigenvalue weighted by Gasteiger charge is 2.10. The van der Waals surface area contributed by atoms with Crippen LogP contribution in [0, 0.1) is 0 Å². The van der Waals surface area contributed by atoms with Crippen LogP contribution in [0.25, 0.3) is 0 Å². The van der Waals surface area contributed by atoms with E-state index >= 15 is 0 Å². The van der Waals surface area contributed by atoms with Crippen molar-refractivity contribution >= 4 is 17.4 Å². The molecule has 0 unspecified atom stereocenters. The highest BCUT2D eigenvalue weighted by atomic mass is 35.5. The van der Waals surface area contributed by atoms with Gasteiger partial charge in [-0.15, -0.1) is 0 Å². The van der Waals surface area contributed by atoms with Crippen molar-refractivity contribution < 1.29 is 4.79 Å². The van der Waals surface area contributed by atoms with Crippen molar-refractivity contribution in [3.8, 4) is 0 Å². The highest BCUT2D eigenvalue weighted by molar-refractivity contribution is 6.30. The molecule has 2 rings (SSSR count). The molecule has 0 radical (unpaired) electrons. The number of aryl methyl sites for hydroxylation is 1. The summed E-state index contributed by atoms with van der Waals surface area (Å²) in [5.41, 5.74) is 2.74. The number of halogens is 1. The fraction of sp³-hybridized carbons (Fsp3) is 0.200. The quantitative estimate of drug-likeness (QED) is 0.784. The second kappa shape index (κ2) is 5.78. The lowest BCUT2D eigenvalue weighted by Crippen LogP contribution is -2.07. The topological polar surface area (TPSA) is 30.0 Å². The van der Waals surface area contributed by atoms with Gasteiger partial charge in [-0.3, -0.25) is 9.78 Å². The summed E-state index contributed by atoms with van der Waals surface area (Å²) in [4.78, 5) is 16.3. The van der Waals surface area contributed by atoms with E-state index in [1.54, 1.807) is 30.6 Å². The maximum absolute atomic E-state index is 12.2. The van der Waals surface area contributed by atoms with Gasteiger partial charge < -0.3 is 0 Å². The second-order valence-electron chi connectivity index (χ2n) is 4.11. The lowest BCUT2D eigenvalue weighted by Gasteiger charge is -2.06. The van der Waals surface area contributed by atoms with E-state index in [9.17, 15) is 4.79 Å². The van der Waals surface area contributed by atoms with Gasteiger partial charge >= 0.3 is 0 Å². The van der Waals surface area contributed by atoms with Crippen LogP contribution in [0.3, 0.4) is 0 Å². The molecule has 0 atom stereocenters. The van der Waals surface area contributed by atoms with Crippen LogP contribution in [0.15, 0.2) is 42.7 Å². The summed E-state index contributed by atoms with van der Waals surface area (Å²) in [6, 6.07) is 9.16. The molecule has 1 aromatic carbocycles. The Hall–Kier alpha value is -1.67. The molecule has 0 bridgehead atoms. The molecule has 1 heterocycles. The number of carbonyl (C=O) groups excluding carboxylic acids is 1. The predicted molar refractivity (Wildman–Crippen MR) is 73.1 cm³/mol. The normalized spacial score (nSPS) is 10.3. The predicted octanol–water partition coefficient (Wildman–Crippen LogP) is 3.72. The molecule has 3 heteroatoms. The third kappa shape index (κ3) is 2.96. The minimum atomic E-state index is 0.122. The maximum atomic E-state index is 12.2. The Morgan fingerprint density at radius 2 is 1.94 bits per heavy atom. The Labute approximate surface area is 112 Å². The molecular weight excluding hydrogens is 246 g/mol. The Morgan fingerprint density at radius 1 is 1.22 bits per heavy atom. The number of rotatable bonds is 4. The third-order valence-electron chi connectivity index (χ3n) is 2.86. The zero-order valence-electron chi connectivity index (χ0n) is 10.2. The number of hydrogen-bond donors (Lipinski definition) is 0. The second-order valence-corrected chi connectivity index (χ2v) is 4.55. The van der Waals surface area contributed by atoms with E-state index in [2.05, 4.69) is 4.98 Å². The van der Waals surface area contributed by atoms with Gasteiger partial charge in [0.2, 0.25) is 0 Å². The Bertz CT molecular complexity index is 549. The lowest BCUT2D eigenvalue weighted by atomic mass is 9.99. The standard InChI is InChI=1S/C15H14ClNO/c1-2-12-10-17-8-7-14(12)15(18)9-11-3-5-13(16)6-4-11/h3-8,10H,2,9H2,1H3. The zero-order valence-corrected chi connectivity index (χ0v) is 10.9. The van der Waals surface area contributed by atoms with E-state index < -0.39 is 0 Å². The van der Waals surface area contributed by atoms with Crippen LogP contribution in [0.2, 0.25) is 5.02 Å². The fourth-order valence-corrected chi connectivity index (χ4v) is 1.99. The Morgan fingerprint density at radius 3 is 2.61 bits per heavy atom. The first kappa shape index (κ1) is 12.8. The maximum Gasteiger partial charge on any atom is 0.167 e. The molecule has 0 aliphatic rings. The van der Waals surface area contributed by atoms with E-state index in [1.165, 1.54) is 0 Å². The van der Waals surface area contributed by atoms with Crippen LogP contribution >= 0.6 is 11.6 Å². The number of carbonyl (C=O) groups is 1. The van der Waals surface area contributed by atoms with Gasteiger partial charge in [-0.2, -0.15) is 0 Å². The summed E-state index contributed by atoms with van der Waals surface area (Å²) in [5.74, 6) is 0.122. The number of ketones is 1. The lowest BCUT2D eigenvalue weighted by molar-refractivity contribution is 0.0992. The molecule has 1 aromatic heterocycles. The zero-order chi connectivity index (χ0) is 13.0. The summed E-state index contributed by atoms with van der Waals surface area (Å²) < 4.78 is 0. The minimum Gasteiger partial charge on any atom is -0.294 e. The van der Waals surface area contributed by atoms with E-state index in [0.29, 0.717) is 11.4 Å². The largest absolute Gasteiger partial charge is 0.294 e. The summed E-state index contributed by atoms with van der Waals surface area (Å²) in [7, 11) is 0. The molecule has 2 nitrogen and oxygen atoms in total. The van der Waals surface area contributed by atoms with Gasteiger partial charge in [0, 0.05) is 29.4 Å². The van der Waals surface area contributed by atoms with Crippen molar-refractivity contribution in [3.05, 3.63) is 64.4 Å².